The molecule has 0 aromatic heterocycles. The van der Waals surface area contributed by atoms with E-state index in [1.54, 1.807) is 12.1 Å². The van der Waals surface area contributed by atoms with E-state index in [1.807, 2.05) is 11.9 Å². The summed E-state index contributed by atoms with van der Waals surface area (Å²) in [6, 6.07) is 5.22. The van der Waals surface area contributed by atoms with Crippen molar-refractivity contribution in [3.8, 4) is 0 Å². The number of nitrogens with zero attached hydrogens (tertiary/aromatic N) is 2. The molecule has 3 nitrogen and oxygen atoms in total. The zero-order chi connectivity index (χ0) is 13.1. The fraction of sp³-hybridized carbons (Fsp3) is 0.462. The van der Waals surface area contributed by atoms with E-state index in [2.05, 4.69) is 4.99 Å². The molecule has 0 radical (unpaired) electrons. The molecule has 0 heterocycles. The van der Waals surface area contributed by atoms with Crippen LogP contribution >= 0.6 is 35.6 Å². The minimum absolute atomic E-state index is 0. The molecule has 1 aliphatic carbocycles. The highest BCUT2D eigenvalue weighted by Crippen LogP contribution is 2.25. The summed E-state index contributed by atoms with van der Waals surface area (Å²) in [6.45, 7) is 0.448. The van der Waals surface area contributed by atoms with Crippen molar-refractivity contribution < 1.29 is 4.39 Å². The molecular formula is C13H18ClFIN3. The zero-order valence-electron chi connectivity index (χ0n) is 10.8. The van der Waals surface area contributed by atoms with Crippen LogP contribution in [0.15, 0.2) is 23.2 Å². The van der Waals surface area contributed by atoms with Gasteiger partial charge >= 0.3 is 0 Å². The summed E-state index contributed by atoms with van der Waals surface area (Å²) in [7, 11) is 1.94. The molecule has 1 aliphatic rings. The van der Waals surface area contributed by atoms with Crippen molar-refractivity contribution in [2.75, 3.05) is 13.6 Å². The highest BCUT2D eigenvalue weighted by molar-refractivity contribution is 14.0. The minimum atomic E-state index is -0.285. The van der Waals surface area contributed by atoms with E-state index >= 15 is 0 Å². The number of guanidine groups is 1. The van der Waals surface area contributed by atoms with Gasteiger partial charge in [0.2, 0.25) is 0 Å². The number of hydrogen-bond donors (Lipinski definition) is 1. The molecule has 0 spiro atoms. The summed E-state index contributed by atoms with van der Waals surface area (Å²) in [5.74, 6) is 0.233. The van der Waals surface area contributed by atoms with Crippen LogP contribution in [0.3, 0.4) is 0 Å². The Morgan fingerprint density at radius 2 is 2.21 bits per heavy atom. The van der Waals surface area contributed by atoms with Gasteiger partial charge < -0.3 is 10.6 Å². The zero-order valence-corrected chi connectivity index (χ0v) is 13.9. The first kappa shape index (κ1) is 16.5. The van der Waals surface area contributed by atoms with Crippen LogP contribution < -0.4 is 5.73 Å². The van der Waals surface area contributed by atoms with Crippen LogP contribution in [0.25, 0.3) is 0 Å². The Labute approximate surface area is 135 Å². The molecule has 0 atom stereocenters. The van der Waals surface area contributed by atoms with Gasteiger partial charge in [-0.15, -0.1) is 24.0 Å². The lowest BCUT2D eigenvalue weighted by Crippen LogP contribution is -2.35. The Bertz CT molecular complexity index is 443. The van der Waals surface area contributed by atoms with Crippen LogP contribution in [-0.2, 0) is 6.42 Å². The van der Waals surface area contributed by atoms with Gasteiger partial charge in [0.25, 0.3) is 0 Å². The molecule has 19 heavy (non-hydrogen) atoms. The fourth-order valence-electron chi connectivity index (χ4n) is 1.81. The molecule has 1 aromatic carbocycles. The number of halogens is 3. The van der Waals surface area contributed by atoms with E-state index in [9.17, 15) is 4.39 Å². The minimum Gasteiger partial charge on any atom is -0.370 e. The standard InChI is InChI=1S/C13H17ClFN3.HI/c1-18(9-5-6-9)13(16)17-8-7-10-11(14)3-2-4-12(10)15;/h2-4,9H,5-8H2,1H3,(H2,16,17);1H. The van der Waals surface area contributed by atoms with Gasteiger partial charge in [-0.25, -0.2) is 4.39 Å². The van der Waals surface area contributed by atoms with E-state index < -0.39 is 0 Å². The summed E-state index contributed by atoms with van der Waals surface area (Å²) >= 11 is 5.94. The van der Waals surface area contributed by atoms with Crippen molar-refractivity contribution in [1.29, 1.82) is 0 Å². The Morgan fingerprint density at radius 1 is 1.53 bits per heavy atom. The predicted octanol–water partition coefficient (Wildman–Crippen LogP) is 3.05. The SMILES string of the molecule is CN(C(N)=NCCc1c(F)cccc1Cl)C1CC1.I. The lowest BCUT2D eigenvalue weighted by atomic mass is 10.1. The third-order valence-corrected chi connectivity index (χ3v) is 3.51. The fourth-order valence-corrected chi connectivity index (χ4v) is 2.07. The summed E-state index contributed by atoms with van der Waals surface area (Å²) in [6.07, 6.45) is 2.81. The number of aliphatic imine (C=N–C) groups is 1. The van der Waals surface area contributed by atoms with Crippen LogP contribution in [0.4, 0.5) is 4.39 Å². The Hall–Kier alpha value is -0.560. The average molecular weight is 398 g/mol. The highest BCUT2D eigenvalue weighted by Gasteiger charge is 2.27. The molecular weight excluding hydrogens is 380 g/mol. The molecule has 2 N–H and O–H groups in total. The molecule has 1 aromatic rings. The Morgan fingerprint density at radius 3 is 2.79 bits per heavy atom. The van der Waals surface area contributed by atoms with Gasteiger partial charge in [0.15, 0.2) is 5.96 Å². The molecule has 6 heteroatoms. The van der Waals surface area contributed by atoms with Gasteiger partial charge in [0.05, 0.1) is 0 Å². The van der Waals surface area contributed by atoms with E-state index in [0.717, 1.165) is 0 Å². The van der Waals surface area contributed by atoms with E-state index in [4.69, 9.17) is 17.3 Å². The molecule has 106 valence electrons. The number of benzene rings is 1. The van der Waals surface area contributed by atoms with Crippen molar-refractivity contribution in [3.05, 3.63) is 34.6 Å². The van der Waals surface area contributed by atoms with Crippen molar-refractivity contribution in [2.45, 2.75) is 25.3 Å². The summed E-state index contributed by atoms with van der Waals surface area (Å²) in [5, 5.41) is 0.444. The Kier molecular flexibility index (Phi) is 6.32. The lowest BCUT2D eigenvalue weighted by Gasteiger charge is -2.16. The van der Waals surface area contributed by atoms with Crippen molar-refractivity contribution in [3.63, 3.8) is 0 Å². The van der Waals surface area contributed by atoms with Gasteiger partial charge in [-0.05, 0) is 31.4 Å². The van der Waals surface area contributed by atoms with Crippen molar-refractivity contribution in [2.24, 2.45) is 10.7 Å². The quantitative estimate of drug-likeness (QED) is 0.482. The van der Waals surface area contributed by atoms with Crippen LogP contribution in [0.2, 0.25) is 5.02 Å². The van der Waals surface area contributed by atoms with Crippen LogP contribution in [0.5, 0.6) is 0 Å². The molecule has 0 aliphatic heterocycles. The first-order chi connectivity index (χ1) is 8.59. The third-order valence-electron chi connectivity index (χ3n) is 3.15. The van der Waals surface area contributed by atoms with Gasteiger partial charge in [0, 0.05) is 30.2 Å². The molecule has 0 unspecified atom stereocenters. The van der Waals surface area contributed by atoms with Gasteiger partial charge in [-0.1, -0.05) is 17.7 Å². The average Bonchev–Trinajstić information content (AvgIpc) is 3.16. The van der Waals surface area contributed by atoms with E-state index in [-0.39, 0.29) is 29.8 Å². The van der Waals surface area contributed by atoms with E-state index in [0.29, 0.717) is 35.6 Å². The first-order valence-corrected chi connectivity index (χ1v) is 6.43. The van der Waals surface area contributed by atoms with E-state index in [1.165, 1.54) is 18.9 Å². The second-order valence-corrected chi connectivity index (χ2v) is 4.94. The van der Waals surface area contributed by atoms with Gasteiger partial charge in [-0.2, -0.15) is 0 Å². The Balaban J connectivity index is 0.00000180. The van der Waals surface area contributed by atoms with Crippen LogP contribution in [-0.4, -0.2) is 30.5 Å². The van der Waals surface area contributed by atoms with Gasteiger partial charge in [0.1, 0.15) is 5.82 Å². The summed E-state index contributed by atoms with van der Waals surface area (Å²) < 4.78 is 13.5. The largest absolute Gasteiger partial charge is 0.370 e. The molecule has 1 fully saturated rings. The smallest absolute Gasteiger partial charge is 0.191 e. The normalized spacial score (nSPS) is 15.0. The maximum absolute atomic E-state index is 13.5. The molecule has 1 saturated carbocycles. The second kappa shape index (κ2) is 7.28. The number of rotatable bonds is 4. The summed E-state index contributed by atoms with van der Waals surface area (Å²) in [5.41, 5.74) is 6.35. The van der Waals surface area contributed by atoms with Crippen molar-refractivity contribution >= 4 is 41.5 Å². The maximum Gasteiger partial charge on any atom is 0.191 e. The third kappa shape index (κ3) is 4.49. The number of hydrogen-bond acceptors (Lipinski definition) is 1. The second-order valence-electron chi connectivity index (χ2n) is 4.53. The topological polar surface area (TPSA) is 41.6 Å². The summed E-state index contributed by atoms with van der Waals surface area (Å²) in [4.78, 5) is 6.23. The molecule has 0 bridgehead atoms. The lowest BCUT2D eigenvalue weighted by molar-refractivity contribution is 0.487. The monoisotopic (exact) mass is 397 g/mol. The maximum atomic E-state index is 13.5. The van der Waals surface area contributed by atoms with Gasteiger partial charge in [-0.3, -0.25) is 4.99 Å². The number of nitrogens with two attached hydrogens (primary N) is 1. The van der Waals surface area contributed by atoms with Crippen LogP contribution in [0, 0.1) is 5.82 Å². The molecule has 0 amide bonds. The highest BCUT2D eigenvalue weighted by atomic mass is 127. The predicted molar refractivity (Wildman–Crippen MR) is 87.8 cm³/mol. The first-order valence-electron chi connectivity index (χ1n) is 6.05. The van der Waals surface area contributed by atoms with Crippen molar-refractivity contribution in [1.82, 2.24) is 4.90 Å². The molecule has 2 rings (SSSR count). The molecule has 0 saturated heterocycles. The van der Waals surface area contributed by atoms with Crippen LogP contribution in [0.1, 0.15) is 18.4 Å².